The fraction of sp³-hybridized carbons (Fsp3) is 0.156. The van der Waals surface area contributed by atoms with E-state index in [1.807, 2.05) is 42.5 Å². The van der Waals surface area contributed by atoms with Gasteiger partial charge in [-0.3, -0.25) is 0 Å². The number of rotatable bonds is 4. The monoisotopic (exact) mass is 454 g/mol. The second-order valence-corrected chi connectivity index (χ2v) is 7.57. The molecule has 0 heterocycles. The van der Waals surface area contributed by atoms with Crippen LogP contribution in [-0.2, 0) is 9.53 Å². The summed E-state index contributed by atoms with van der Waals surface area (Å²) in [6.45, 7) is 22.2. The van der Waals surface area contributed by atoms with E-state index >= 15 is 0 Å². The summed E-state index contributed by atoms with van der Waals surface area (Å²) in [4.78, 5) is 10.2. The third kappa shape index (κ3) is 13.5. The van der Waals surface area contributed by atoms with Gasteiger partial charge in [0.1, 0.15) is 0 Å². The van der Waals surface area contributed by atoms with E-state index < -0.39 is 0 Å². The van der Waals surface area contributed by atoms with Crippen molar-refractivity contribution < 1.29 is 9.53 Å². The van der Waals surface area contributed by atoms with Gasteiger partial charge in [-0.05, 0) is 49.9 Å². The van der Waals surface area contributed by atoms with E-state index in [0.29, 0.717) is 5.57 Å². The summed E-state index contributed by atoms with van der Waals surface area (Å²) in [5.41, 5.74) is 7.89. The van der Waals surface area contributed by atoms with Crippen LogP contribution >= 0.6 is 0 Å². The van der Waals surface area contributed by atoms with Crippen LogP contribution in [0.15, 0.2) is 105 Å². The van der Waals surface area contributed by atoms with Crippen LogP contribution in [0.4, 0.5) is 0 Å². The summed E-state index contributed by atoms with van der Waals surface area (Å²) >= 11 is 0. The molecule has 0 spiro atoms. The van der Waals surface area contributed by atoms with Crippen LogP contribution in [0.3, 0.4) is 0 Å². The minimum atomic E-state index is -0.347. The van der Waals surface area contributed by atoms with Crippen LogP contribution in [0, 0.1) is 20.8 Å². The number of ether oxygens (including phenoxy) is 1. The van der Waals surface area contributed by atoms with E-state index in [4.69, 9.17) is 0 Å². The Balaban J connectivity index is 0.000000430. The predicted molar refractivity (Wildman–Crippen MR) is 151 cm³/mol. The Bertz CT molecular complexity index is 1060. The summed E-state index contributed by atoms with van der Waals surface area (Å²) in [7, 11) is 1.33. The molecule has 0 unspecified atom stereocenters. The molecule has 0 aliphatic rings. The van der Waals surface area contributed by atoms with Gasteiger partial charge in [0.2, 0.25) is 0 Å². The van der Waals surface area contributed by atoms with Gasteiger partial charge >= 0.3 is 5.97 Å². The maximum absolute atomic E-state index is 10.2. The SMILES string of the molecule is C=C(C)C(=O)OC.C=Cc1ccc(C)cc1.C=Cc1cccc(C)c1.C=Cc1ccccc1C. The third-order valence-corrected chi connectivity index (χ3v) is 4.53. The summed E-state index contributed by atoms with van der Waals surface area (Å²) in [6, 6.07) is 24.7. The van der Waals surface area contributed by atoms with Gasteiger partial charge in [-0.2, -0.15) is 0 Å². The van der Waals surface area contributed by atoms with Gasteiger partial charge in [0.25, 0.3) is 0 Å². The number of hydrogen-bond acceptors (Lipinski definition) is 2. The number of methoxy groups -OCH3 is 1. The van der Waals surface area contributed by atoms with Gasteiger partial charge < -0.3 is 4.74 Å². The second kappa shape index (κ2) is 17.6. The topological polar surface area (TPSA) is 26.3 Å². The molecular formula is C32H38O2. The van der Waals surface area contributed by atoms with Crippen LogP contribution in [0.1, 0.15) is 40.3 Å². The first-order valence-electron chi connectivity index (χ1n) is 11.0. The quantitative estimate of drug-likeness (QED) is 0.291. The highest BCUT2D eigenvalue weighted by molar-refractivity contribution is 5.86. The van der Waals surface area contributed by atoms with E-state index in [9.17, 15) is 4.79 Å². The molecule has 0 aromatic heterocycles. The van der Waals surface area contributed by atoms with Crippen molar-refractivity contribution in [2.45, 2.75) is 27.7 Å². The highest BCUT2D eigenvalue weighted by atomic mass is 16.5. The molecule has 2 nitrogen and oxygen atoms in total. The molecular weight excluding hydrogens is 416 g/mol. The van der Waals surface area contributed by atoms with Crippen molar-refractivity contribution in [2.75, 3.05) is 7.11 Å². The zero-order valence-corrected chi connectivity index (χ0v) is 21.3. The zero-order chi connectivity index (χ0) is 25.9. The van der Waals surface area contributed by atoms with Crippen molar-refractivity contribution >= 4 is 24.2 Å². The lowest BCUT2D eigenvalue weighted by atomic mass is 10.1. The van der Waals surface area contributed by atoms with E-state index in [1.165, 1.54) is 40.5 Å². The Hall–Kier alpha value is -3.91. The van der Waals surface area contributed by atoms with Crippen molar-refractivity contribution in [2.24, 2.45) is 0 Å². The van der Waals surface area contributed by atoms with Gasteiger partial charge in [-0.25, -0.2) is 4.79 Å². The highest BCUT2D eigenvalue weighted by Gasteiger charge is 1.95. The lowest BCUT2D eigenvalue weighted by Gasteiger charge is -1.95. The Morgan fingerprint density at radius 2 is 1.32 bits per heavy atom. The molecule has 0 bridgehead atoms. The van der Waals surface area contributed by atoms with Gasteiger partial charge in [0, 0.05) is 5.57 Å². The number of hydrogen-bond donors (Lipinski definition) is 0. The molecule has 0 saturated carbocycles. The normalized spacial score (nSPS) is 8.74. The molecule has 0 amide bonds. The van der Waals surface area contributed by atoms with Gasteiger partial charge in [-0.15, -0.1) is 0 Å². The minimum absolute atomic E-state index is 0.347. The number of benzene rings is 3. The second-order valence-electron chi connectivity index (χ2n) is 7.57. The van der Waals surface area contributed by atoms with Crippen molar-refractivity contribution in [3.63, 3.8) is 0 Å². The Morgan fingerprint density at radius 1 is 0.735 bits per heavy atom. The largest absolute Gasteiger partial charge is 0.466 e. The lowest BCUT2D eigenvalue weighted by molar-refractivity contribution is -0.136. The molecule has 0 N–H and O–H groups in total. The highest BCUT2D eigenvalue weighted by Crippen LogP contribution is 2.07. The molecule has 3 rings (SSSR count). The summed E-state index contributed by atoms with van der Waals surface area (Å²) in [5, 5.41) is 0. The summed E-state index contributed by atoms with van der Waals surface area (Å²) < 4.78 is 4.27. The van der Waals surface area contributed by atoms with Gasteiger partial charge in [0.15, 0.2) is 0 Å². The van der Waals surface area contributed by atoms with E-state index in [1.54, 1.807) is 6.92 Å². The van der Waals surface area contributed by atoms with Gasteiger partial charge in [-0.1, -0.05) is 128 Å². The van der Waals surface area contributed by atoms with E-state index in [0.717, 1.165) is 0 Å². The molecule has 0 aliphatic carbocycles. The first-order valence-corrected chi connectivity index (χ1v) is 11.0. The fourth-order valence-corrected chi connectivity index (χ4v) is 2.49. The van der Waals surface area contributed by atoms with Crippen molar-refractivity contribution in [3.05, 3.63) is 138 Å². The third-order valence-electron chi connectivity index (χ3n) is 4.53. The average Bonchev–Trinajstić information content (AvgIpc) is 2.85. The predicted octanol–water partition coefficient (Wildman–Crippen LogP) is 8.65. The van der Waals surface area contributed by atoms with Crippen LogP contribution in [0.5, 0.6) is 0 Å². The minimum Gasteiger partial charge on any atom is -0.466 e. The fourth-order valence-electron chi connectivity index (χ4n) is 2.49. The van der Waals surface area contributed by atoms with Crippen LogP contribution < -0.4 is 0 Å². The standard InChI is InChI=1S/3C9H10.C5H8O2/c1-3-9-6-4-8(2)5-7-9;1-3-9-6-4-5-8(2)7-9;1-3-9-7-5-4-6-8(9)2;1-4(2)5(6)7-3/h3*3-7H,1H2,2H3;1H2,2-3H3. The molecule has 178 valence electrons. The van der Waals surface area contributed by atoms with Crippen LogP contribution in [-0.4, -0.2) is 13.1 Å². The molecule has 0 radical (unpaired) electrons. The summed E-state index contributed by atoms with van der Waals surface area (Å²) in [6.07, 6.45) is 5.57. The first-order chi connectivity index (χ1) is 16.2. The Labute approximate surface area is 206 Å². The smallest absolute Gasteiger partial charge is 0.332 e. The van der Waals surface area contributed by atoms with Crippen molar-refractivity contribution in [3.8, 4) is 0 Å². The van der Waals surface area contributed by atoms with Crippen LogP contribution in [0.25, 0.3) is 18.2 Å². The number of aryl methyl sites for hydroxylation is 3. The molecule has 3 aromatic carbocycles. The molecule has 0 atom stereocenters. The van der Waals surface area contributed by atoms with Crippen molar-refractivity contribution in [1.82, 2.24) is 0 Å². The number of carbonyl (C=O) groups is 1. The molecule has 2 heteroatoms. The molecule has 0 aliphatic heterocycles. The Morgan fingerprint density at radius 3 is 1.68 bits per heavy atom. The molecule has 34 heavy (non-hydrogen) atoms. The van der Waals surface area contributed by atoms with E-state index in [-0.39, 0.29) is 5.97 Å². The molecule has 3 aromatic rings. The van der Waals surface area contributed by atoms with Crippen LogP contribution in [0.2, 0.25) is 0 Å². The number of esters is 1. The molecule has 0 saturated heterocycles. The maximum atomic E-state index is 10.2. The van der Waals surface area contributed by atoms with E-state index in [2.05, 4.69) is 100 Å². The zero-order valence-electron chi connectivity index (χ0n) is 21.3. The maximum Gasteiger partial charge on any atom is 0.332 e. The summed E-state index contributed by atoms with van der Waals surface area (Å²) in [5.74, 6) is -0.347. The Kier molecular flexibility index (Phi) is 15.6. The number of carbonyl (C=O) groups excluding carboxylic acids is 1. The first kappa shape index (κ1) is 30.1. The molecule has 0 fully saturated rings. The lowest BCUT2D eigenvalue weighted by Crippen LogP contribution is -1.98. The average molecular weight is 455 g/mol. The van der Waals surface area contributed by atoms with Crippen molar-refractivity contribution in [1.29, 1.82) is 0 Å². The van der Waals surface area contributed by atoms with Gasteiger partial charge in [0.05, 0.1) is 7.11 Å².